The highest BCUT2D eigenvalue weighted by atomic mass is 32.2. The van der Waals surface area contributed by atoms with E-state index in [-0.39, 0.29) is 10.7 Å². The van der Waals surface area contributed by atoms with Crippen molar-refractivity contribution in [1.82, 2.24) is 9.21 Å². The number of sulfonamides is 1. The summed E-state index contributed by atoms with van der Waals surface area (Å²) < 4.78 is 33.0. The van der Waals surface area contributed by atoms with Gasteiger partial charge in [0.15, 0.2) is 0 Å². The number of hydrogen-bond acceptors (Lipinski definition) is 4. The van der Waals surface area contributed by atoms with Crippen LogP contribution in [0.5, 0.6) is 0 Å². The molecule has 0 radical (unpaired) electrons. The Labute approximate surface area is 140 Å². The van der Waals surface area contributed by atoms with E-state index in [4.69, 9.17) is 4.74 Å². The van der Waals surface area contributed by atoms with Gasteiger partial charge < -0.3 is 9.64 Å². The number of hydrogen-bond donors (Lipinski definition) is 0. The van der Waals surface area contributed by atoms with Gasteiger partial charge in [0.25, 0.3) is 0 Å². The maximum Gasteiger partial charge on any atom is 0.217 e. The molecular formula is C17H30N2O3S. The van der Waals surface area contributed by atoms with Crippen molar-refractivity contribution in [1.29, 1.82) is 0 Å². The van der Waals surface area contributed by atoms with Crippen molar-refractivity contribution in [3.8, 4) is 0 Å². The molecule has 1 spiro atoms. The third-order valence-corrected chi connectivity index (χ3v) is 8.70. The molecule has 4 rings (SSSR count). The van der Waals surface area contributed by atoms with Crippen LogP contribution in [-0.4, -0.2) is 68.8 Å². The van der Waals surface area contributed by atoms with Crippen molar-refractivity contribution >= 4 is 10.0 Å². The first-order valence-electron chi connectivity index (χ1n) is 9.32. The summed E-state index contributed by atoms with van der Waals surface area (Å²) in [5.41, 5.74) is 0.127. The number of ether oxygens (including phenoxy) is 1. The van der Waals surface area contributed by atoms with Gasteiger partial charge in [-0.05, 0) is 44.6 Å². The van der Waals surface area contributed by atoms with Gasteiger partial charge in [0.05, 0.1) is 11.9 Å². The summed E-state index contributed by atoms with van der Waals surface area (Å²) in [5.74, 6) is 1.28. The largest absolute Gasteiger partial charge is 0.381 e. The second-order valence-electron chi connectivity index (χ2n) is 8.20. The predicted octanol–water partition coefficient (Wildman–Crippen LogP) is 1.55. The maximum atomic E-state index is 12.6. The summed E-state index contributed by atoms with van der Waals surface area (Å²) in [6, 6.07) is 0. The van der Waals surface area contributed by atoms with Gasteiger partial charge in [0, 0.05) is 44.1 Å². The van der Waals surface area contributed by atoms with Gasteiger partial charge >= 0.3 is 0 Å². The lowest BCUT2D eigenvalue weighted by atomic mass is 9.78. The summed E-state index contributed by atoms with van der Waals surface area (Å²) in [7, 11) is -3.03. The summed E-state index contributed by atoms with van der Waals surface area (Å²) in [4.78, 5) is 2.48. The van der Waals surface area contributed by atoms with Crippen LogP contribution in [0.25, 0.3) is 0 Å². The van der Waals surface area contributed by atoms with Gasteiger partial charge in [-0.1, -0.05) is 6.92 Å². The van der Waals surface area contributed by atoms with Gasteiger partial charge in [-0.2, -0.15) is 0 Å². The van der Waals surface area contributed by atoms with E-state index in [9.17, 15) is 8.42 Å². The molecule has 0 N–H and O–H groups in total. The van der Waals surface area contributed by atoms with E-state index in [0.29, 0.717) is 5.92 Å². The topological polar surface area (TPSA) is 49.9 Å². The van der Waals surface area contributed by atoms with Crippen molar-refractivity contribution in [2.24, 2.45) is 17.3 Å². The lowest BCUT2D eigenvalue weighted by Crippen LogP contribution is -2.39. The molecule has 6 heteroatoms. The minimum atomic E-state index is -3.03. The zero-order valence-electron chi connectivity index (χ0n) is 14.2. The molecule has 2 heterocycles. The fourth-order valence-corrected chi connectivity index (χ4v) is 6.33. The van der Waals surface area contributed by atoms with Crippen LogP contribution in [0, 0.1) is 17.3 Å². The zero-order valence-corrected chi connectivity index (χ0v) is 15.1. The average Bonchev–Trinajstić information content (AvgIpc) is 3.45. The summed E-state index contributed by atoms with van der Waals surface area (Å²) in [5, 5.41) is -0.0779. The molecule has 2 atom stereocenters. The van der Waals surface area contributed by atoms with Crippen molar-refractivity contribution in [2.75, 3.05) is 45.9 Å². The van der Waals surface area contributed by atoms with Gasteiger partial charge in [0.2, 0.25) is 10.0 Å². The standard InChI is InChI=1S/C17H30N2O3S/c1-2-18-9-15(11-22-10-14-3-4-14)17(12-18)7-8-19(13-17)23(20,21)16-5-6-16/h14-16H,2-13H2,1H3/t15-,17-/m1/s1. The van der Waals surface area contributed by atoms with E-state index in [0.717, 1.165) is 71.1 Å². The van der Waals surface area contributed by atoms with E-state index in [1.807, 2.05) is 0 Å². The van der Waals surface area contributed by atoms with Crippen molar-refractivity contribution < 1.29 is 13.2 Å². The normalized spacial score (nSPS) is 36.3. The Kier molecular flexibility index (Phi) is 4.23. The van der Waals surface area contributed by atoms with E-state index in [2.05, 4.69) is 11.8 Å². The van der Waals surface area contributed by atoms with Crippen molar-refractivity contribution in [2.45, 2.75) is 44.3 Å². The molecule has 2 saturated carbocycles. The monoisotopic (exact) mass is 342 g/mol. The molecule has 0 amide bonds. The highest BCUT2D eigenvalue weighted by Gasteiger charge is 2.54. The van der Waals surface area contributed by atoms with Crippen LogP contribution in [0.3, 0.4) is 0 Å². The second-order valence-corrected chi connectivity index (χ2v) is 10.4. The first-order chi connectivity index (χ1) is 11.0. The fourth-order valence-electron chi connectivity index (χ4n) is 4.39. The molecule has 2 saturated heterocycles. The molecule has 5 nitrogen and oxygen atoms in total. The number of likely N-dealkylation sites (tertiary alicyclic amines) is 1. The average molecular weight is 343 g/mol. The SMILES string of the molecule is CCN1C[C@H](COCC2CC2)[C@]2(CCN(S(=O)(=O)C3CC3)C2)C1. The third kappa shape index (κ3) is 3.20. The first kappa shape index (κ1) is 16.3. The number of nitrogens with zero attached hydrogens (tertiary/aromatic N) is 2. The van der Waals surface area contributed by atoms with Crippen LogP contribution in [0.1, 0.15) is 39.0 Å². The smallest absolute Gasteiger partial charge is 0.217 e. The predicted molar refractivity (Wildman–Crippen MR) is 89.7 cm³/mol. The molecule has 4 fully saturated rings. The van der Waals surface area contributed by atoms with E-state index in [1.54, 1.807) is 4.31 Å². The van der Waals surface area contributed by atoms with Gasteiger partial charge in [-0.3, -0.25) is 0 Å². The molecule has 0 aromatic carbocycles. The molecule has 2 aliphatic heterocycles. The lowest BCUT2D eigenvalue weighted by Gasteiger charge is -2.30. The molecule has 2 aliphatic carbocycles. The minimum absolute atomic E-state index is 0.0779. The molecule has 0 unspecified atom stereocenters. The van der Waals surface area contributed by atoms with Crippen LogP contribution in [0.4, 0.5) is 0 Å². The summed E-state index contributed by atoms with van der Waals surface area (Å²) >= 11 is 0. The maximum absolute atomic E-state index is 12.6. The molecule has 0 aromatic heterocycles. The second kappa shape index (κ2) is 5.97. The Morgan fingerprint density at radius 1 is 1.13 bits per heavy atom. The van der Waals surface area contributed by atoms with Gasteiger partial charge in [0.1, 0.15) is 0 Å². The first-order valence-corrected chi connectivity index (χ1v) is 10.8. The van der Waals surface area contributed by atoms with Crippen LogP contribution < -0.4 is 0 Å². The fraction of sp³-hybridized carbons (Fsp3) is 1.00. The summed E-state index contributed by atoms with van der Waals surface area (Å²) in [6.45, 7) is 8.52. The lowest BCUT2D eigenvalue weighted by molar-refractivity contribution is 0.0581. The van der Waals surface area contributed by atoms with Gasteiger partial charge in [-0.15, -0.1) is 0 Å². The van der Waals surface area contributed by atoms with Crippen molar-refractivity contribution in [3.05, 3.63) is 0 Å². The van der Waals surface area contributed by atoms with Crippen LogP contribution in [-0.2, 0) is 14.8 Å². The van der Waals surface area contributed by atoms with Crippen LogP contribution >= 0.6 is 0 Å². The van der Waals surface area contributed by atoms with Crippen molar-refractivity contribution in [3.63, 3.8) is 0 Å². The highest BCUT2D eigenvalue weighted by Crippen LogP contribution is 2.46. The molecule has 0 aromatic rings. The Hall–Kier alpha value is -0.170. The van der Waals surface area contributed by atoms with E-state index < -0.39 is 10.0 Å². The highest BCUT2D eigenvalue weighted by molar-refractivity contribution is 7.90. The quantitative estimate of drug-likeness (QED) is 0.704. The van der Waals surface area contributed by atoms with E-state index in [1.165, 1.54) is 12.8 Å². The summed E-state index contributed by atoms with van der Waals surface area (Å²) in [6.07, 6.45) is 5.38. The molecule has 132 valence electrons. The Morgan fingerprint density at radius 2 is 1.91 bits per heavy atom. The minimum Gasteiger partial charge on any atom is -0.381 e. The molecule has 0 bridgehead atoms. The number of rotatable bonds is 7. The van der Waals surface area contributed by atoms with Gasteiger partial charge in [-0.25, -0.2) is 12.7 Å². The molecule has 23 heavy (non-hydrogen) atoms. The van der Waals surface area contributed by atoms with Crippen LogP contribution in [0.2, 0.25) is 0 Å². The molecular weight excluding hydrogens is 312 g/mol. The Balaban J connectivity index is 1.43. The third-order valence-electron chi connectivity index (χ3n) is 6.36. The molecule has 4 aliphatic rings. The Bertz CT molecular complexity index is 544. The van der Waals surface area contributed by atoms with E-state index >= 15 is 0 Å². The zero-order chi connectivity index (χ0) is 16.1. The van der Waals surface area contributed by atoms with Crippen LogP contribution in [0.15, 0.2) is 0 Å². The Morgan fingerprint density at radius 3 is 2.57 bits per heavy atom.